The van der Waals surface area contributed by atoms with Crippen LogP contribution in [0.4, 0.5) is 0 Å². The smallest absolute Gasteiger partial charge is 0.119 e. The van der Waals surface area contributed by atoms with Crippen molar-refractivity contribution in [2.75, 3.05) is 11.9 Å². The zero-order valence-corrected chi connectivity index (χ0v) is 13.7. The molecule has 0 unspecified atom stereocenters. The summed E-state index contributed by atoms with van der Waals surface area (Å²) in [4.78, 5) is 0. The Morgan fingerprint density at radius 1 is 0.900 bits per heavy atom. The summed E-state index contributed by atoms with van der Waals surface area (Å²) in [6.45, 7) is 5.09. The average Bonchev–Trinajstić information content (AvgIpc) is 2.48. The van der Waals surface area contributed by atoms with E-state index in [4.69, 9.17) is 4.74 Å². The summed E-state index contributed by atoms with van der Waals surface area (Å²) in [7, 11) is 0. The van der Waals surface area contributed by atoms with Gasteiger partial charge in [0.05, 0.1) is 6.61 Å². The number of benzene rings is 2. The first-order chi connectivity index (χ1) is 9.59. The van der Waals surface area contributed by atoms with Crippen molar-refractivity contribution in [3.8, 4) is 5.75 Å². The van der Waals surface area contributed by atoms with Gasteiger partial charge in [-0.3, -0.25) is 0 Å². The number of rotatable bonds is 6. The third kappa shape index (κ3) is 4.68. The second kappa shape index (κ2) is 6.94. The molecule has 2 heteroatoms. The molecule has 2 aromatic carbocycles. The molecule has 20 heavy (non-hydrogen) atoms. The molecule has 2 rings (SSSR count). The molecule has 0 aliphatic rings. The van der Waals surface area contributed by atoms with Gasteiger partial charge in [0, 0.05) is 10.7 Å². The van der Waals surface area contributed by atoms with Gasteiger partial charge in [-0.1, -0.05) is 72.2 Å². The number of ether oxygens (including phenoxy) is 1. The highest BCUT2D eigenvalue weighted by Crippen LogP contribution is 2.21. The molecule has 0 saturated heterocycles. The maximum absolute atomic E-state index is 5.84. The number of hydrogen-bond donors (Lipinski definition) is 0. The molecule has 106 valence electrons. The Balaban J connectivity index is 1.93. The van der Waals surface area contributed by atoms with Crippen LogP contribution in [0.3, 0.4) is 0 Å². The molecule has 0 aliphatic carbocycles. The largest absolute Gasteiger partial charge is 0.493 e. The zero-order valence-electron chi connectivity index (χ0n) is 12.1. The monoisotopic (exact) mass is 332 g/mol. The van der Waals surface area contributed by atoms with Crippen molar-refractivity contribution in [1.82, 2.24) is 0 Å². The van der Waals surface area contributed by atoms with E-state index in [2.05, 4.69) is 78.3 Å². The van der Waals surface area contributed by atoms with Gasteiger partial charge in [-0.25, -0.2) is 0 Å². The van der Waals surface area contributed by atoms with E-state index in [1.165, 1.54) is 11.1 Å². The lowest BCUT2D eigenvalue weighted by molar-refractivity contribution is 0.203. The minimum Gasteiger partial charge on any atom is -0.493 e. The summed E-state index contributed by atoms with van der Waals surface area (Å²) in [6, 6.07) is 18.9. The number of hydrogen-bond acceptors (Lipinski definition) is 1. The van der Waals surface area contributed by atoms with Gasteiger partial charge in [-0.05, 0) is 29.7 Å². The van der Waals surface area contributed by atoms with E-state index < -0.39 is 0 Å². The van der Waals surface area contributed by atoms with Crippen LogP contribution in [0.5, 0.6) is 5.75 Å². The minimum absolute atomic E-state index is 0.155. The Hall–Kier alpha value is -1.28. The molecule has 0 aromatic heterocycles. The van der Waals surface area contributed by atoms with Crippen molar-refractivity contribution in [2.45, 2.75) is 20.3 Å². The average molecular weight is 333 g/mol. The fourth-order valence-corrected chi connectivity index (χ4v) is 2.01. The molecule has 0 atom stereocenters. The lowest BCUT2D eigenvalue weighted by atomic mass is 9.98. The molecule has 0 fully saturated rings. The fourth-order valence-electron chi connectivity index (χ4n) is 1.85. The Labute approximate surface area is 130 Å². The first-order valence-corrected chi connectivity index (χ1v) is 8.03. The Kier molecular flexibility index (Phi) is 5.24. The summed E-state index contributed by atoms with van der Waals surface area (Å²) < 4.78 is 5.84. The molecule has 0 amide bonds. The molecule has 1 nitrogen and oxygen atoms in total. The first kappa shape index (κ1) is 15.1. The molecule has 2 aromatic rings. The van der Waals surface area contributed by atoms with Crippen LogP contribution in [0.2, 0.25) is 0 Å². The summed E-state index contributed by atoms with van der Waals surface area (Å²) in [5.41, 5.74) is 2.80. The third-order valence-corrected chi connectivity index (χ3v) is 4.68. The van der Waals surface area contributed by atoms with Gasteiger partial charge in [-0.2, -0.15) is 0 Å². The summed E-state index contributed by atoms with van der Waals surface area (Å²) >= 11 is 3.51. The number of halogens is 1. The predicted octanol–water partition coefficient (Wildman–Crippen LogP) is 5.08. The molecular weight excluding hydrogens is 312 g/mol. The van der Waals surface area contributed by atoms with Crippen molar-refractivity contribution in [3.63, 3.8) is 0 Å². The van der Waals surface area contributed by atoms with Crippen LogP contribution in [0.15, 0.2) is 54.6 Å². The molecule has 0 heterocycles. The highest BCUT2D eigenvalue weighted by Gasteiger charge is 2.16. The zero-order chi connectivity index (χ0) is 14.4. The summed E-state index contributed by atoms with van der Waals surface area (Å²) in [5.74, 6) is 0.941. The lowest BCUT2D eigenvalue weighted by Crippen LogP contribution is -2.22. The quantitative estimate of drug-likeness (QED) is 0.670. The van der Waals surface area contributed by atoms with Crippen LogP contribution in [0, 0.1) is 5.41 Å². The second-order valence-electron chi connectivity index (χ2n) is 5.89. The standard InChI is InChI=1S/C18H21BrO/c1-18(2,13-19)14-20-17-10-8-16(9-11-17)12-15-6-4-3-5-7-15/h3-11H,12-14H2,1-2H3. The van der Waals surface area contributed by atoms with Crippen LogP contribution in [0.25, 0.3) is 0 Å². The lowest BCUT2D eigenvalue weighted by Gasteiger charge is -2.21. The highest BCUT2D eigenvalue weighted by atomic mass is 79.9. The van der Waals surface area contributed by atoms with E-state index in [1.807, 2.05) is 6.07 Å². The van der Waals surface area contributed by atoms with Crippen molar-refractivity contribution < 1.29 is 4.74 Å². The normalized spacial score (nSPS) is 11.3. The SMILES string of the molecule is CC(C)(CBr)COc1ccc(Cc2ccccc2)cc1. The molecule has 0 N–H and O–H groups in total. The fraction of sp³-hybridized carbons (Fsp3) is 0.333. The summed E-state index contributed by atoms with van der Waals surface area (Å²) in [6.07, 6.45) is 0.966. The van der Waals surface area contributed by atoms with E-state index in [1.54, 1.807) is 0 Å². The van der Waals surface area contributed by atoms with Gasteiger partial charge < -0.3 is 4.74 Å². The van der Waals surface area contributed by atoms with Crippen molar-refractivity contribution >= 4 is 15.9 Å². The highest BCUT2D eigenvalue weighted by molar-refractivity contribution is 9.09. The Morgan fingerprint density at radius 3 is 2.10 bits per heavy atom. The van der Waals surface area contributed by atoms with Gasteiger partial charge >= 0.3 is 0 Å². The van der Waals surface area contributed by atoms with Crippen molar-refractivity contribution in [3.05, 3.63) is 65.7 Å². The van der Waals surface area contributed by atoms with Gasteiger partial charge in [-0.15, -0.1) is 0 Å². The van der Waals surface area contributed by atoms with Gasteiger partial charge in [0.2, 0.25) is 0 Å². The minimum atomic E-state index is 0.155. The van der Waals surface area contributed by atoms with Crippen molar-refractivity contribution in [1.29, 1.82) is 0 Å². The molecule has 0 radical (unpaired) electrons. The number of alkyl halides is 1. The Bertz CT molecular complexity index is 517. The third-order valence-electron chi connectivity index (χ3n) is 3.17. The van der Waals surface area contributed by atoms with Gasteiger partial charge in [0.25, 0.3) is 0 Å². The molecular formula is C18H21BrO. The van der Waals surface area contributed by atoms with E-state index in [-0.39, 0.29) is 5.41 Å². The topological polar surface area (TPSA) is 9.23 Å². The molecule has 0 bridgehead atoms. The van der Waals surface area contributed by atoms with Crippen LogP contribution >= 0.6 is 15.9 Å². The van der Waals surface area contributed by atoms with Gasteiger partial charge in [0.15, 0.2) is 0 Å². The van der Waals surface area contributed by atoms with Gasteiger partial charge in [0.1, 0.15) is 5.75 Å². The van der Waals surface area contributed by atoms with E-state index >= 15 is 0 Å². The second-order valence-corrected chi connectivity index (χ2v) is 6.45. The summed E-state index contributed by atoms with van der Waals surface area (Å²) in [5, 5.41) is 0.937. The molecule has 0 aliphatic heterocycles. The molecule has 0 spiro atoms. The van der Waals surface area contributed by atoms with Crippen LogP contribution in [0.1, 0.15) is 25.0 Å². The van der Waals surface area contributed by atoms with Crippen molar-refractivity contribution in [2.24, 2.45) is 5.41 Å². The van der Waals surface area contributed by atoms with Crippen LogP contribution < -0.4 is 4.74 Å². The van der Waals surface area contributed by atoms with Crippen LogP contribution in [-0.2, 0) is 6.42 Å². The predicted molar refractivity (Wildman–Crippen MR) is 88.8 cm³/mol. The van der Waals surface area contributed by atoms with E-state index in [0.29, 0.717) is 0 Å². The Morgan fingerprint density at radius 2 is 1.50 bits per heavy atom. The maximum Gasteiger partial charge on any atom is 0.119 e. The van der Waals surface area contributed by atoms with E-state index in [9.17, 15) is 0 Å². The van der Waals surface area contributed by atoms with Crippen LogP contribution in [-0.4, -0.2) is 11.9 Å². The first-order valence-electron chi connectivity index (χ1n) is 6.91. The maximum atomic E-state index is 5.84. The molecule has 0 saturated carbocycles. The van der Waals surface area contributed by atoms with E-state index in [0.717, 1.165) is 24.1 Å².